The average molecular weight is 505 g/mol. The molecule has 0 saturated carbocycles. The molecular formula is C25H20F5N3O3. The lowest BCUT2D eigenvalue weighted by Gasteiger charge is -2.28. The van der Waals surface area contributed by atoms with Crippen molar-refractivity contribution in [1.82, 2.24) is 15.1 Å². The Bertz CT molecular complexity index is 1390. The third kappa shape index (κ3) is 5.24. The second-order valence-electron chi connectivity index (χ2n) is 7.94. The molecule has 0 spiro atoms. The summed E-state index contributed by atoms with van der Waals surface area (Å²) in [6.07, 6.45) is -4.82. The van der Waals surface area contributed by atoms with Gasteiger partial charge in [-0.15, -0.1) is 0 Å². The SMILES string of the molecule is COc1ccc(F)cc1[C@@H](Oc1ccc2c(cnn2-c2ccc(F)cc2)c1)[C@H](C)NC(=O)C(F)(F)F. The van der Waals surface area contributed by atoms with E-state index >= 15 is 0 Å². The van der Waals surface area contributed by atoms with Crippen LogP contribution in [0.15, 0.2) is 66.9 Å². The number of ether oxygens (including phenoxy) is 2. The number of alkyl halides is 3. The molecular weight excluding hydrogens is 485 g/mol. The van der Waals surface area contributed by atoms with Crippen molar-refractivity contribution in [3.05, 3.63) is 84.1 Å². The van der Waals surface area contributed by atoms with Crippen LogP contribution in [-0.2, 0) is 4.79 Å². The second kappa shape index (κ2) is 9.84. The van der Waals surface area contributed by atoms with E-state index in [0.29, 0.717) is 16.6 Å². The van der Waals surface area contributed by atoms with E-state index in [1.165, 1.54) is 38.4 Å². The lowest BCUT2D eigenvalue weighted by Crippen LogP contribution is -2.45. The molecule has 1 N–H and O–H groups in total. The molecule has 0 bridgehead atoms. The summed E-state index contributed by atoms with van der Waals surface area (Å²) < 4.78 is 78.8. The van der Waals surface area contributed by atoms with Crippen molar-refractivity contribution in [3.63, 3.8) is 0 Å². The third-order valence-corrected chi connectivity index (χ3v) is 5.44. The minimum absolute atomic E-state index is 0.106. The molecule has 1 amide bonds. The molecule has 36 heavy (non-hydrogen) atoms. The molecule has 0 radical (unpaired) electrons. The molecule has 4 aromatic rings. The molecule has 4 rings (SSSR count). The van der Waals surface area contributed by atoms with Gasteiger partial charge in [0, 0.05) is 10.9 Å². The van der Waals surface area contributed by atoms with E-state index in [9.17, 15) is 26.7 Å². The summed E-state index contributed by atoms with van der Waals surface area (Å²) in [5, 5.41) is 6.78. The number of halogens is 5. The maximum absolute atomic E-state index is 14.1. The van der Waals surface area contributed by atoms with E-state index in [4.69, 9.17) is 9.47 Å². The van der Waals surface area contributed by atoms with Gasteiger partial charge < -0.3 is 14.8 Å². The lowest BCUT2D eigenvalue weighted by atomic mass is 10.0. The van der Waals surface area contributed by atoms with Gasteiger partial charge in [-0.05, 0) is 67.6 Å². The molecule has 1 heterocycles. The fourth-order valence-corrected chi connectivity index (χ4v) is 3.75. The topological polar surface area (TPSA) is 65.4 Å². The van der Waals surface area contributed by atoms with Gasteiger partial charge in [-0.25, -0.2) is 13.5 Å². The zero-order chi connectivity index (χ0) is 26.0. The highest BCUT2D eigenvalue weighted by Crippen LogP contribution is 2.34. The summed E-state index contributed by atoms with van der Waals surface area (Å²) in [7, 11) is 1.32. The van der Waals surface area contributed by atoms with E-state index in [1.54, 1.807) is 35.0 Å². The zero-order valence-electron chi connectivity index (χ0n) is 19.0. The number of benzene rings is 3. The fourth-order valence-electron chi connectivity index (χ4n) is 3.75. The number of fused-ring (bicyclic) bond motifs is 1. The first-order chi connectivity index (χ1) is 17.1. The molecule has 6 nitrogen and oxygen atoms in total. The number of amides is 1. The summed E-state index contributed by atoms with van der Waals surface area (Å²) >= 11 is 0. The second-order valence-corrected chi connectivity index (χ2v) is 7.94. The number of rotatable bonds is 7. The minimum Gasteiger partial charge on any atom is -0.496 e. The highest BCUT2D eigenvalue weighted by atomic mass is 19.4. The average Bonchev–Trinajstić information content (AvgIpc) is 3.25. The summed E-state index contributed by atoms with van der Waals surface area (Å²) in [6.45, 7) is 1.31. The van der Waals surface area contributed by atoms with Crippen LogP contribution in [-0.4, -0.2) is 35.0 Å². The zero-order valence-corrected chi connectivity index (χ0v) is 19.0. The van der Waals surface area contributed by atoms with E-state index < -0.39 is 35.9 Å². The highest BCUT2D eigenvalue weighted by Gasteiger charge is 2.41. The van der Waals surface area contributed by atoms with Crippen LogP contribution in [0.5, 0.6) is 11.5 Å². The molecule has 11 heteroatoms. The Balaban J connectivity index is 1.70. The third-order valence-electron chi connectivity index (χ3n) is 5.44. The first-order valence-electron chi connectivity index (χ1n) is 10.7. The van der Waals surface area contributed by atoms with Crippen LogP contribution >= 0.6 is 0 Å². The van der Waals surface area contributed by atoms with Crippen LogP contribution in [0.2, 0.25) is 0 Å². The first-order valence-corrected chi connectivity index (χ1v) is 10.7. The molecule has 0 saturated heterocycles. The van der Waals surface area contributed by atoms with Crippen molar-refractivity contribution in [1.29, 1.82) is 0 Å². The number of hydrogen-bond acceptors (Lipinski definition) is 4. The maximum Gasteiger partial charge on any atom is 0.471 e. The van der Waals surface area contributed by atoms with E-state index in [-0.39, 0.29) is 17.1 Å². The number of nitrogens with zero attached hydrogens (tertiary/aromatic N) is 2. The minimum atomic E-state index is -5.11. The van der Waals surface area contributed by atoms with Gasteiger partial charge in [-0.2, -0.15) is 18.3 Å². The van der Waals surface area contributed by atoms with Crippen molar-refractivity contribution in [2.75, 3.05) is 7.11 Å². The standard InChI is InChI=1S/C25H20F5N3O3/c1-14(32-24(34)25(28,29)30)23(20-12-17(27)5-10-22(20)35-2)36-19-8-9-21-15(11-19)13-31-33(21)18-6-3-16(26)4-7-18/h3-14,23H,1-2H3,(H,32,34)/t14-,23-/m0/s1. The largest absolute Gasteiger partial charge is 0.496 e. The molecule has 0 unspecified atom stereocenters. The smallest absolute Gasteiger partial charge is 0.471 e. The van der Waals surface area contributed by atoms with Gasteiger partial charge in [0.2, 0.25) is 0 Å². The van der Waals surface area contributed by atoms with E-state index in [2.05, 4.69) is 5.10 Å². The molecule has 0 aliphatic carbocycles. The Labute approximate surface area is 202 Å². The summed E-state index contributed by atoms with van der Waals surface area (Å²) in [5.74, 6) is -2.82. The number of hydrogen-bond donors (Lipinski definition) is 1. The highest BCUT2D eigenvalue weighted by molar-refractivity contribution is 5.82. The number of carbonyl (C=O) groups excluding carboxylic acids is 1. The molecule has 2 atom stereocenters. The number of nitrogens with one attached hydrogen (secondary N) is 1. The van der Waals surface area contributed by atoms with Gasteiger partial charge in [0.05, 0.1) is 30.6 Å². The Kier molecular flexibility index (Phi) is 6.82. The molecule has 0 aliphatic heterocycles. The van der Waals surface area contributed by atoms with Gasteiger partial charge in [0.25, 0.3) is 0 Å². The monoisotopic (exact) mass is 505 g/mol. The van der Waals surface area contributed by atoms with Gasteiger partial charge in [-0.3, -0.25) is 4.79 Å². The molecule has 0 aliphatic rings. The van der Waals surface area contributed by atoms with Crippen molar-refractivity contribution < 1.29 is 36.2 Å². The molecule has 188 valence electrons. The fraction of sp³-hybridized carbons (Fsp3) is 0.200. The van der Waals surface area contributed by atoms with Crippen LogP contribution in [0.1, 0.15) is 18.6 Å². The summed E-state index contributed by atoms with van der Waals surface area (Å²) in [6, 6.07) is 12.8. The van der Waals surface area contributed by atoms with Crippen molar-refractivity contribution in [2.24, 2.45) is 0 Å². The van der Waals surface area contributed by atoms with Crippen LogP contribution in [0.3, 0.4) is 0 Å². The van der Waals surface area contributed by atoms with Crippen LogP contribution in [0, 0.1) is 11.6 Å². The Hall–Kier alpha value is -4.15. The quantitative estimate of drug-likeness (QED) is 0.337. The Morgan fingerprint density at radius 3 is 2.36 bits per heavy atom. The molecule has 1 aromatic heterocycles. The lowest BCUT2D eigenvalue weighted by molar-refractivity contribution is -0.174. The number of aromatic nitrogens is 2. The molecule has 0 fully saturated rings. The Morgan fingerprint density at radius 2 is 1.69 bits per heavy atom. The van der Waals surface area contributed by atoms with Gasteiger partial charge >= 0.3 is 12.1 Å². The number of methoxy groups -OCH3 is 1. The maximum atomic E-state index is 14.1. The number of carbonyl (C=O) groups is 1. The first kappa shape index (κ1) is 25.0. The van der Waals surface area contributed by atoms with Crippen LogP contribution in [0.25, 0.3) is 16.6 Å². The van der Waals surface area contributed by atoms with Gasteiger partial charge in [0.1, 0.15) is 29.2 Å². The normalized spacial score (nSPS) is 13.3. The van der Waals surface area contributed by atoms with Crippen molar-refractivity contribution in [2.45, 2.75) is 25.2 Å². The van der Waals surface area contributed by atoms with E-state index in [1.807, 2.05) is 5.32 Å². The van der Waals surface area contributed by atoms with E-state index in [0.717, 1.165) is 12.1 Å². The van der Waals surface area contributed by atoms with Crippen molar-refractivity contribution in [3.8, 4) is 17.2 Å². The summed E-state index contributed by atoms with van der Waals surface area (Å²) in [4.78, 5) is 11.6. The van der Waals surface area contributed by atoms with Gasteiger partial charge in [0.15, 0.2) is 0 Å². The van der Waals surface area contributed by atoms with Crippen LogP contribution in [0.4, 0.5) is 22.0 Å². The predicted molar refractivity (Wildman–Crippen MR) is 121 cm³/mol. The van der Waals surface area contributed by atoms with Gasteiger partial charge in [-0.1, -0.05) is 0 Å². The van der Waals surface area contributed by atoms with Crippen molar-refractivity contribution >= 4 is 16.8 Å². The van der Waals surface area contributed by atoms with Crippen LogP contribution < -0.4 is 14.8 Å². The molecule has 3 aromatic carbocycles. The Morgan fingerprint density at radius 1 is 1.00 bits per heavy atom. The predicted octanol–water partition coefficient (Wildman–Crippen LogP) is 5.50. The summed E-state index contributed by atoms with van der Waals surface area (Å²) in [5.41, 5.74) is 1.38.